The average molecular weight is 482 g/mol. The predicted octanol–water partition coefficient (Wildman–Crippen LogP) is 3.86. The fourth-order valence-corrected chi connectivity index (χ4v) is 3.25. The first kappa shape index (κ1) is 22.6. The van der Waals surface area contributed by atoms with Gasteiger partial charge in [-0.15, -0.1) is 0 Å². The molecule has 0 aliphatic heterocycles. The summed E-state index contributed by atoms with van der Waals surface area (Å²) in [6.45, 7) is 0. The van der Waals surface area contributed by atoms with Gasteiger partial charge in [0.2, 0.25) is 0 Å². The summed E-state index contributed by atoms with van der Waals surface area (Å²) in [6.07, 6.45) is 0. The summed E-state index contributed by atoms with van der Waals surface area (Å²) in [6, 6.07) is 17.1. The highest BCUT2D eigenvalue weighted by molar-refractivity contribution is 7.33. The quantitative estimate of drug-likeness (QED) is 0.283. The number of aromatic nitrogens is 4. The summed E-state index contributed by atoms with van der Waals surface area (Å²) in [7, 11) is -3.26. The minimum atomic E-state index is -3.26. The summed E-state index contributed by atoms with van der Waals surface area (Å²) in [4.78, 5) is 0. The molecule has 0 amide bonds. The van der Waals surface area contributed by atoms with Crippen LogP contribution in [-0.4, -0.2) is 19.6 Å². The van der Waals surface area contributed by atoms with E-state index in [1.54, 1.807) is 12.1 Å². The molecule has 34 heavy (non-hydrogen) atoms. The SMILES string of the molecule is N#Cc1cc(NO[PH](=O)ONc2cc(C#N)nn2-c2cccc(F)c2)n(-c2cccc(F)c2)n1. The normalized spacial score (nSPS) is 10.6. The molecule has 0 atom stereocenters. The van der Waals surface area contributed by atoms with Crippen molar-refractivity contribution in [1.82, 2.24) is 19.6 Å². The second-order valence-corrected chi connectivity index (χ2v) is 7.40. The second kappa shape index (κ2) is 9.94. The number of hydrogen-bond acceptors (Lipinski definition) is 9. The van der Waals surface area contributed by atoms with Crippen LogP contribution in [0.2, 0.25) is 0 Å². The lowest BCUT2D eigenvalue weighted by molar-refractivity contribution is 0.293. The van der Waals surface area contributed by atoms with Crippen molar-refractivity contribution in [2.45, 2.75) is 0 Å². The first-order chi connectivity index (χ1) is 16.5. The van der Waals surface area contributed by atoms with Crippen LogP contribution in [0.3, 0.4) is 0 Å². The van der Waals surface area contributed by atoms with Crippen LogP contribution in [0.5, 0.6) is 0 Å². The van der Waals surface area contributed by atoms with Gasteiger partial charge in [-0.3, -0.25) is 4.57 Å². The van der Waals surface area contributed by atoms with Gasteiger partial charge in [-0.1, -0.05) is 12.1 Å². The Morgan fingerprint density at radius 1 is 0.794 bits per heavy atom. The summed E-state index contributed by atoms with van der Waals surface area (Å²) in [5.41, 5.74) is 5.29. The number of benzene rings is 2. The first-order valence-electron chi connectivity index (χ1n) is 9.38. The van der Waals surface area contributed by atoms with Gasteiger partial charge in [-0.25, -0.2) is 29.1 Å². The van der Waals surface area contributed by atoms with Crippen molar-refractivity contribution in [3.05, 3.63) is 83.7 Å². The first-order valence-corrected chi connectivity index (χ1v) is 10.6. The molecule has 0 aliphatic rings. The Balaban J connectivity index is 1.46. The highest BCUT2D eigenvalue weighted by Crippen LogP contribution is 2.28. The molecule has 0 aliphatic carbocycles. The van der Waals surface area contributed by atoms with Crippen molar-refractivity contribution in [1.29, 1.82) is 10.5 Å². The van der Waals surface area contributed by atoms with Crippen molar-refractivity contribution in [3.63, 3.8) is 0 Å². The summed E-state index contributed by atoms with van der Waals surface area (Å²) in [5.74, 6) is -0.876. The van der Waals surface area contributed by atoms with Gasteiger partial charge < -0.3 is 0 Å². The van der Waals surface area contributed by atoms with Gasteiger partial charge in [0.1, 0.15) is 23.8 Å². The highest BCUT2D eigenvalue weighted by Gasteiger charge is 2.14. The van der Waals surface area contributed by atoms with E-state index >= 15 is 0 Å². The van der Waals surface area contributed by atoms with Gasteiger partial charge in [0, 0.05) is 12.1 Å². The van der Waals surface area contributed by atoms with E-state index in [1.807, 2.05) is 12.1 Å². The molecular weight excluding hydrogens is 469 g/mol. The Labute approximate surface area is 191 Å². The molecule has 14 heteroatoms. The minimum Gasteiger partial charge on any atom is -0.259 e. The number of hydrogen-bond donors (Lipinski definition) is 2. The number of anilines is 2. The average Bonchev–Trinajstić information content (AvgIpc) is 3.45. The summed E-state index contributed by atoms with van der Waals surface area (Å²) >= 11 is 0. The summed E-state index contributed by atoms with van der Waals surface area (Å²) < 4.78 is 51.7. The van der Waals surface area contributed by atoms with Crippen molar-refractivity contribution in [3.8, 4) is 23.5 Å². The van der Waals surface area contributed by atoms with E-state index in [-0.39, 0.29) is 34.4 Å². The van der Waals surface area contributed by atoms with Crippen LogP contribution >= 0.6 is 8.25 Å². The second-order valence-electron chi connectivity index (χ2n) is 6.49. The molecule has 0 fully saturated rings. The Bertz CT molecular complexity index is 1350. The zero-order chi connectivity index (χ0) is 24.1. The molecule has 0 unspecified atom stereocenters. The van der Waals surface area contributed by atoms with E-state index in [0.29, 0.717) is 0 Å². The van der Waals surface area contributed by atoms with Gasteiger partial charge >= 0.3 is 8.25 Å². The highest BCUT2D eigenvalue weighted by atomic mass is 31.1. The predicted molar refractivity (Wildman–Crippen MR) is 115 cm³/mol. The lowest BCUT2D eigenvalue weighted by atomic mass is 10.3. The lowest BCUT2D eigenvalue weighted by Gasteiger charge is -2.11. The standard InChI is InChI=1S/C20H13F2N8O3P/c21-13-3-1-5-17(7-13)29-19(9-15(11-23)25-29)27-32-34(31)33-28-20-10-16(12-24)26-30(20)18-6-2-4-14(22)8-18/h1-10,27-28,34H. The number of nitriles is 2. The van der Waals surface area contributed by atoms with Crippen LogP contribution in [0.4, 0.5) is 20.4 Å². The summed E-state index contributed by atoms with van der Waals surface area (Å²) in [5, 5.41) is 26.2. The topological polar surface area (TPSA) is 143 Å². The van der Waals surface area contributed by atoms with Crippen LogP contribution < -0.4 is 11.0 Å². The molecule has 4 aromatic rings. The molecule has 2 aromatic carbocycles. The monoisotopic (exact) mass is 482 g/mol. The van der Waals surface area contributed by atoms with Crippen LogP contribution in [0, 0.1) is 34.3 Å². The maximum absolute atomic E-state index is 13.6. The fraction of sp³-hybridized carbons (Fsp3) is 0. The number of rotatable bonds is 8. The molecule has 2 aromatic heterocycles. The molecule has 11 nitrogen and oxygen atoms in total. The third kappa shape index (κ3) is 5.09. The van der Waals surface area contributed by atoms with E-state index < -0.39 is 19.9 Å². The largest absolute Gasteiger partial charge is 0.361 e. The smallest absolute Gasteiger partial charge is 0.259 e. The Hall–Kier alpha value is -4.55. The van der Waals surface area contributed by atoms with Gasteiger partial charge in [0.15, 0.2) is 23.0 Å². The lowest BCUT2D eigenvalue weighted by Crippen LogP contribution is -2.07. The third-order valence-corrected chi connectivity index (χ3v) is 4.77. The van der Waals surface area contributed by atoms with Crippen molar-refractivity contribution in [2.75, 3.05) is 11.0 Å². The molecule has 2 heterocycles. The van der Waals surface area contributed by atoms with E-state index in [0.717, 1.165) is 0 Å². The molecule has 2 N–H and O–H groups in total. The zero-order valence-corrected chi connectivity index (χ0v) is 17.9. The van der Waals surface area contributed by atoms with E-state index in [4.69, 9.17) is 19.8 Å². The maximum atomic E-state index is 13.6. The van der Waals surface area contributed by atoms with E-state index in [9.17, 15) is 13.3 Å². The van der Waals surface area contributed by atoms with E-state index in [1.165, 1.54) is 57.9 Å². The molecule has 0 saturated carbocycles. The van der Waals surface area contributed by atoms with Crippen LogP contribution in [0.25, 0.3) is 11.4 Å². The Kier molecular flexibility index (Phi) is 6.62. The number of nitrogens with zero attached hydrogens (tertiary/aromatic N) is 6. The van der Waals surface area contributed by atoms with Crippen LogP contribution in [0.1, 0.15) is 11.4 Å². The van der Waals surface area contributed by atoms with Crippen LogP contribution in [-0.2, 0) is 13.8 Å². The molecule has 0 spiro atoms. The van der Waals surface area contributed by atoms with Crippen molar-refractivity contribution >= 4 is 19.9 Å². The van der Waals surface area contributed by atoms with Gasteiger partial charge in [-0.05, 0) is 36.4 Å². The molecule has 170 valence electrons. The minimum absolute atomic E-state index is 0.00268. The molecule has 0 saturated heterocycles. The van der Waals surface area contributed by atoms with Crippen LogP contribution in [0.15, 0.2) is 60.7 Å². The van der Waals surface area contributed by atoms with Crippen molar-refractivity contribution in [2.24, 2.45) is 0 Å². The van der Waals surface area contributed by atoms with E-state index in [2.05, 4.69) is 21.2 Å². The molecule has 0 bridgehead atoms. The maximum Gasteiger partial charge on any atom is 0.361 e. The molecule has 0 radical (unpaired) electrons. The molecule has 4 rings (SSSR count). The Morgan fingerprint density at radius 2 is 1.24 bits per heavy atom. The third-order valence-electron chi connectivity index (χ3n) is 4.23. The fourth-order valence-electron chi connectivity index (χ4n) is 2.84. The van der Waals surface area contributed by atoms with Gasteiger partial charge in [-0.2, -0.15) is 30.0 Å². The Morgan fingerprint density at radius 3 is 1.62 bits per heavy atom. The van der Waals surface area contributed by atoms with Crippen molar-refractivity contribution < 1.29 is 22.6 Å². The van der Waals surface area contributed by atoms with Gasteiger partial charge in [0.05, 0.1) is 11.4 Å². The number of halogens is 2. The number of nitrogens with one attached hydrogen (secondary N) is 2. The van der Waals surface area contributed by atoms with Gasteiger partial charge in [0.25, 0.3) is 0 Å². The zero-order valence-electron chi connectivity index (χ0n) is 16.9. The molecular formula is C20H13F2N8O3P.